The van der Waals surface area contributed by atoms with Crippen molar-refractivity contribution in [2.45, 2.75) is 0 Å². The van der Waals surface area contributed by atoms with Crippen molar-refractivity contribution in [3.63, 3.8) is 0 Å². The van der Waals surface area contributed by atoms with Gasteiger partial charge in [-0.05, 0) is 0 Å². The molecule has 0 atom stereocenters. The van der Waals surface area contributed by atoms with Gasteiger partial charge in [0, 0.05) is 0 Å². The van der Waals surface area contributed by atoms with Crippen LogP contribution in [0, 0.1) is 0 Å². The molecule has 17 heavy (non-hydrogen) atoms. The van der Waals surface area contributed by atoms with Crippen molar-refractivity contribution < 1.29 is 49.9 Å². The van der Waals surface area contributed by atoms with Crippen LogP contribution in [0.4, 0.5) is 0 Å². The third-order valence-electron chi connectivity index (χ3n) is 0.300. The molecule has 10 nitrogen and oxygen atoms in total. The average Bonchev–Trinajstić information content (AvgIpc) is 2.27. The second kappa shape index (κ2) is 24.9. The van der Waals surface area contributed by atoms with Crippen LogP contribution in [0.15, 0.2) is 0 Å². The summed E-state index contributed by atoms with van der Waals surface area (Å²) in [6.07, 6.45) is 0. The summed E-state index contributed by atoms with van der Waals surface area (Å²) in [5.74, 6) is 0. The Morgan fingerprint density at radius 2 is 0.588 bits per heavy atom. The fraction of sp³-hybridized carbons (Fsp3) is 1.00. The highest BCUT2D eigenvalue weighted by Crippen LogP contribution is 2.25. The SMILES string of the molecule is O=P(O)(O)O.OCCO.OCCO.OCCO. The molecule has 0 unspecified atom stereocenters. The van der Waals surface area contributed by atoms with Gasteiger partial charge in [0.25, 0.3) is 0 Å². The van der Waals surface area contributed by atoms with Crippen molar-refractivity contribution in [2.75, 3.05) is 39.6 Å². The largest absolute Gasteiger partial charge is 0.466 e. The van der Waals surface area contributed by atoms with Crippen molar-refractivity contribution in [1.82, 2.24) is 0 Å². The Hall–Kier alpha value is -0.130. The summed E-state index contributed by atoms with van der Waals surface area (Å²) >= 11 is 0. The van der Waals surface area contributed by atoms with Gasteiger partial charge in [0.1, 0.15) is 0 Å². The zero-order valence-electron chi connectivity index (χ0n) is 9.12. The van der Waals surface area contributed by atoms with Crippen LogP contribution in [0.5, 0.6) is 0 Å². The summed E-state index contributed by atoms with van der Waals surface area (Å²) in [6, 6.07) is 0. The first-order valence-corrected chi connectivity index (χ1v) is 5.75. The third-order valence-corrected chi connectivity index (χ3v) is 0.300. The monoisotopic (exact) mass is 284 g/mol. The summed E-state index contributed by atoms with van der Waals surface area (Å²) in [6.45, 7) is -0.750. The summed E-state index contributed by atoms with van der Waals surface area (Å²) < 4.78 is 8.88. The molecule has 0 radical (unpaired) electrons. The quantitative estimate of drug-likeness (QED) is 0.230. The van der Waals surface area contributed by atoms with Crippen molar-refractivity contribution in [3.05, 3.63) is 0 Å². The molecule has 0 spiro atoms. The maximum atomic E-state index is 8.88. The van der Waals surface area contributed by atoms with Crippen molar-refractivity contribution >= 4 is 7.82 Å². The van der Waals surface area contributed by atoms with E-state index < -0.39 is 7.82 Å². The van der Waals surface area contributed by atoms with E-state index in [9.17, 15) is 0 Å². The minimum Gasteiger partial charge on any atom is -0.394 e. The van der Waals surface area contributed by atoms with Crippen LogP contribution in [-0.2, 0) is 4.57 Å². The molecule has 0 aliphatic carbocycles. The van der Waals surface area contributed by atoms with Crippen LogP contribution in [0.1, 0.15) is 0 Å². The number of rotatable bonds is 3. The number of phosphoric acid groups is 1. The van der Waals surface area contributed by atoms with Crippen LogP contribution < -0.4 is 0 Å². The Morgan fingerprint density at radius 3 is 0.588 bits per heavy atom. The second-order valence-corrected chi connectivity index (χ2v) is 2.88. The zero-order valence-corrected chi connectivity index (χ0v) is 10.0. The van der Waals surface area contributed by atoms with E-state index in [2.05, 4.69) is 0 Å². The van der Waals surface area contributed by atoms with E-state index in [1.807, 2.05) is 0 Å². The standard InChI is InChI=1S/3C2H6O2.H3O4P/c3*3-1-2-4;1-5(2,3)4/h3*3-4H,1-2H2;(H3,1,2,3,4). The predicted octanol–water partition coefficient (Wildman–Crippen LogP) is -4.02. The minimum absolute atomic E-state index is 0.125. The summed E-state index contributed by atoms with van der Waals surface area (Å²) in [5.41, 5.74) is 0. The van der Waals surface area contributed by atoms with Crippen LogP contribution in [0.3, 0.4) is 0 Å². The summed E-state index contributed by atoms with van der Waals surface area (Å²) in [5, 5.41) is 45.8. The van der Waals surface area contributed by atoms with E-state index in [1.165, 1.54) is 0 Å². The fourth-order valence-corrected chi connectivity index (χ4v) is 0. The molecule has 0 heterocycles. The molecule has 0 aromatic heterocycles. The van der Waals surface area contributed by atoms with Gasteiger partial charge in [0.05, 0.1) is 39.6 Å². The van der Waals surface area contributed by atoms with Gasteiger partial charge in [-0.1, -0.05) is 0 Å². The first-order valence-electron chi connectivity index (χ1n) is 4.18. The average molecular weight is 284 g/mol. The highest BCUT2D eigenvalue weighted by molar-refractivity contribution is 7.45. The number of aliphatic hydroxyl groups excluding tert-OH is 6. The summed E-state index contributed by atoms with van der Waals surface area (Å²) in [7, 11) is -4.64. The normalized spacial score (nSPS) is 8.76. The molecule has 0 aromatic carbocycles. The minimum atomic E-state index is -4.64. The molecule has 0 aliphatic heterocycles. The van der Waals surface area contributed by atoms with Gasteiger partial charge < -0.3 is 45.3 Å². The Morgan fingerprint density at radius 1 is 0.529 bits per heavy atom. The van der Waals surface area contributed by atoms with Gasteiger partial charge >= 0.3 is 7.82 Å². The van der Waals surface area contributed by atoms with E-state index in [-0.39, 0.29) is 39.6 Å². The smallest absolute Gasteiger partial charge is 0.394 e. The van der Waals surface area contributed by atoms with Crippen LogP contribution >= 0.6 is 7.82 Å². The van der Waals surface area contributed by atoms with E-state index in [1.54, 1.807) is 0 Å². The van der Waals surface area contributed by atoms with E-state index in [0.717, 1.165) is 0 Å². The molecule has 0 saturated heterocycles. The van der Waals surface area contributed by atoms with Gasteiger partial charge in [-0.25, -0.2) is 4.57 Å². The van der Waals surface area contributed by atoms with Crippen molar-refractivity contribution in [2.24, 2.45) is 0 Å². The molecule has 0 amide bonds. The Kier molecular flexibility index (Phi) is 37.6. The van der Waals surface area contributed by atoms with Crippen molar-refractivity contribution in [3.8, 4) is 0 Å². The fourth-order valence-electron chi connectivity index (χ4n) is 0. The van der Waals surface area contributed by atoms with Gasteiger partial charge in [0.2, 0.25) is 0 Å². The van der Waals surface area contributed by atoms with E-state index in [0.29, 0.717) is 0 Å². The molecule has 0 aromatic rings. The highest BCUT2D eigenvalue weighted by Gasteiger charge is 2.00. The molecule has 0 saturated carbocycles. The molecule has 9 N–H and O–H groups in total. The number of hydrogen-bond acceptors (Lipinski definition) is 7. The summed E-state index contributed by atoms with van der Waals surface area (Å²) in [4.78, 5) is 21.6. The number of hydrogen-bond donors (Lipinski definition) is 9. The van der Waals surface area contributed by atoms with Crippen LogP contribution in [0.25, 0.3) is 0 Å². The first kappa shape index (κ1) is 25.7. The number of aliphatic hydroxyl groups is 6. The Balaban J connectivity index is -0.0000000667. The zero-order chi connectivity index (χ0) is 14.7. The van der Waals surface area contributed by atoms with Crippen LogP contribution in [-0.4, -0.2) is 85.0 Å². The van der Waals surface area contributed by atoms with E-state index >= 15 is 0 Å². The molecule has 0 aliphatic rings. The molecular weight excluding hydrogens is 263 g/mol. The lowest BCUT2D eigenvalue weighted by Crippen LogP contribution is -1.85. The lowest BCUT2D eigenvalue weighted by molar-refractivity contribution is 0.186. The molecular formula is C6H21O10P. The second-order valence-electron chi connectivity index (χ2n) is 1.85. The van der Waals surface area contributed by atoms with Gasteiger partial charge in [-0.3, -0.25) is 0 Å². The molecule has 0 bridgehead atoms. The van der Waals surface area contributed by atoms with Gasteiger partial charge in [0.15, 0.2) is 0 Å². The van der Waals surface area contributed by atoms with Gasteiger partial charge in [-0.2, -0.15) is 0 Å². The highest BCUT2D eigenvalue weighted by atomic mass is 31.2. The topological polar surface area (TPSA) is 199 Å². The molecule has 110 valence electrons. The first-order chi connectivity index (χ1) is 7.74. The molecule has 11 heteroatoms. The third kappa shape index (κ3) is 371. The Labute approximate surface area is 98.3 Å². The van der Waals surface area contributed by atoms with Gasteiger partial charge in [-0.15, -0.1) is 0 Å². The molecule has 0 rings (SSSR count). The maximum Gasteiger partial charge on any atom is 0.466 e. The lowest BCUT2D eigenvalue weighted by atomic mass is 10.8. The maximum absolute atomic E-state index is 8.88. The van der Waals surface area contributed by atoms with Crippen molar-refractivity contribution in [1.29, 1.82) is 0 Å². The van der Waals surface area contributed by atoms with E-state index in [4.69, 9.17) is 49.9 Å². The van der Waals surface area contributed by atoms with Crippen LogP contribution in [0.2, 0.25) is 0 Å². The lowest BCUT2D eigenvalue weighted by Gasteiger charge is -1.82. The predicted molar refractivity (Wildman–Crippen MR) is 56.8 cm³/mol. The Bertz CT molecular complexity index is 113. The molecule has 0 fully saturated rings.